The summed E-state index contributed by atoms with van der Waals surface area (Å²) >= 11 is 0. The summed E-state index contributed by atoms with van der Waals surface area (Å²) in [4.78, 5) is 28.5. The summed E-state index contributed by atoms with van der Waals surface area (Å²) in [5.41, 5.74) is 4.17. The summed E-state index contributed by atoms with van der Waals surface area (Å²) in [6.45, 7) is 7.56. The minimum atomic E-state index is -0.162. The van der Waals surface area contributed by atoms with Gasteiger partial charge in [-0.1, -0.05) is 6.07 Å². The highest BCUT2D eigenvalue weighted by Gasteiger charge is 2.22. The molecule has 2 aromatic carbocycles. The number of ether oxygens (including phenoxy) is 1. The van der Waals surface area contributed by atoms with Crippen molar-refractivity contribution >= 4 is 28.4 Å². The number of pyridine rings is 1. The average Bonchev–Trinajstić information content (AvgIpc) is 3.67. The van der Waals surface area contributed by atoms with Crippen molar-refractivity contribution in [2.24, 2.45) is 5.92 Å². The van der Waals surface area contributed by atoms with Gasteiger partial charge in [-0.2, -0.15) is 0 Å². The van der Waals surface area contributed by atoms with Crippen LogP contribution in [0, 0.1) is 12.8 Å². The molecular weight excluding hydrogens is 428 g/mol. The van der Waals surface area contributed by atoms with E-state index >= 15 is 0 Å². The maximum atomic E-state index is 12.8. The summed E-state index contributed by atoms with van der Waals surface area (Å²) in [7, 11) is 0. The number of aryl methyl sites for hydroxylation is 1. The van der Waals surface area contributed by atoms with E-state index in [0.29, 0.717) is 24.6 Å². The van der Waals surface area contributed by atoms with Gasteiger partial charge in [0.25, 0.3) is 5.91 Å². The van der Waals surface area contributed by atoms with Gasteiger partial charge in [-0.25, -0.2) is 0 Å². The van der Waals surface area contributed by atoms with Crippen LogP contribution in [0.4, 0.5) is 5.69 Å². The second-order valence-electron chi connectivity index (χ2n) is 8.97. The lowest BCUT2D eigenvalue weighted by Crippen LogP contribution is -2.31. The molecule has 7 heteroatoms. The molecule has 4 rings (SSSR count). The van der Waals surface area contributed by atoms with Crippen molar-refractivity contribution in [1.82, 2.24) is 15.6 Å². The van der Waals surface area contributed by atoms with Crippen LogP contribution in [0.2, 0.25) is 0 Å². The van der Waals surface area contributed by atoms with E-state index in [0.717, 1.165) is 40.1 Å². The number of nitrogens with one attached hydrogen (secondary N) is 3. The summed E-state index contributed by atoms with van der Waals surface area (Å²) in [6.07, 6.45) is 4.35. The van der Waals surface area contributed by atoms with Gasteiger partial charge in [0.05, 0.1) is 12.1 Å². The first kappa shape index (κ1) is 23.7. The van der Waals surface area contributed by atoms with Crippen LogP contribution in [0.25, 0.3) is 10.9 Å². The van der Waals surface area contributed by atoms with E-state index in [-0.39, 0.29) is 17.9 Å². The molecule has 2 amide bonds. The molecule has 3 aromatic rings. The molecule has 3 N–H and O–H groups in total. The second-order valence-corrected chi connectivity index (χ2v) is 8.97. The molecule has 0 bridgehead atoms. The molecule has 1 aliphatic rings. The zero-order valence-electron chi connectivity index (χ0n) is 20.0. The van der Waals surface area contributed by atoms with Crippen LogP contribution in [-0.4, -0.2) is 36.5 Å². The van der Waals surface area contributed by atoms with Crippen molar-refractivity contribution in [3.05, 3.63) is 65.4 Å². The Balaban J connectivity index is 1.39. The highest BCUT2D eigenvalue weighted by molar-refractivity contribution is 6.06. The Bertz CT molecular complexity index is 1170. The number of fused-ring (bicyclic) bond motifs is 1. The fraction of sp³-hybridized carbons (Fsp3) is 0.370. The standard InChI is InChI=1S/C27H32N4O3/c1-17-25(31-27(33)21-6-9-24(10-7-21)34-16-20-4-5-20)11-8-22-14-23(15-30-26(17)22)18(2)28-12-13-29-19(3)32/h6-11,14-15,18,20,28H,4-5,12-13,16H2,1-3H3,(H,29,32)(H,31,33)/t18-/m1/s1. The van der Waals surface area contributed by atoms with Crippen LogP contribution in [0.5, 0.6) is 5.75 Å². The van der Waals surface area contributed by atoms with Gasteiger partial charge in [-0.15, -0.1) is 0 Å². The zero-order chi connectivity index (χ0) is 24.1. The van der Waals surface area contributed by atoms with E-state index in [1.807, 2.05) is 37.4 Å². The summed E-state index contributed by atoms with van der Waals surface area (Å²) in [6, 6.07) is 13.4. The largest absolute Gasteiger partial charge is 0.493 e. The maximum absolute atomic E-state index is 12.8. The summed E-state index contributed by atoms with van der Waals surface area (Å²) < 4.78 is 5.75. The molecular formula is C27H32N4O3. The van der Waals surface area contributed by atoms with Gasteiger partial charge in [0.15, 0.2) is 0 Å². The number of nitrogens with zero attached hydrogens (tertiary/aromatic N) is 1. The van der Waals surface area contributed by atoms with Crippen molar-refractivity contribution in [3.63, 3.8) is 0 Å². The van der Waals surface area contributed by atoms with Crippen molar-refractivity contribution in [3.8, 4) is 5.75 Å². The van der Waals surface area contributed by atoms with E-state index in [4.69, 9.17) is 4.74 Å². The van der Waals surface area contributed by atoms with Crippen LogP contribution < -0.4 is 20.7 Å². The van der Waals surface area contributed by atoms with Crippen LogP contribution in [-0.2, 0) is 4.79 Å². The number of anilines is 1. The molecule has 0 spiro atoms. The van der Waals surface area contributed by atoms with Gasteiger partial charge < -0.3 is 20.7 Å². The molecule has 0 unspecified atom stereocenters. The lowest BCUT2D eigenvalue weighted by molar-refractivity contribution is -0.118. The fourth-order valence-corrected chi connectivity index (χ4v) is 3.78. The van der Waals surface area contributed by atoms with Crippen LogP contribution in [0.15, 0.2) is 48.7 Å². The van der Waals surface area contributed by atoms with Gasteiger partial charge in [0.2, 0.25) is 5.91 Å². The van der Waals surface area contributed by atoms with Gasteiger partial charge >= 0.3 is 0 Å². The van der Waals surface area contributed by atoms with E-state index in [1.165, 1.54) is 19.8 Å². The molecule has 0 radical (unpaired) electrons. The fourth-order valence-electron chi connectivity index (χ4n) is 3.78. The van der Waals surface area contributed by atoms with Gasteiger partial charge in [0, 0.05) is 48.9 Å². The Morgan fingerprint density at radius 1 is 1.12 bits per heavy atom. The minimum Gasteiger partial charge on any atom is -0.493 e. The van der Waals surface area contributed by atoms with E-state index in [9.17, 15) is 9.59 Å². The number of aromatic nitrogens is 1. The van der Waals surface area contributed by atoms with Crippen LogP contribution in [0.1, 0.15) is 54.2 Å². The van der Waals surface area contributed by atoms with E-state index in [1.54, 1.807) is 12.1 Å². The first-order chi connectivity index (χ1) is 16.4. The van der Waals surface area contributed by atoms with E-state index in [2.05, 4.69) is 33.9 Å². The molecule has 1 saturated carbocycles. The predicted molar refractivity (Wildman–Crippen MR) is 134 cm³/mol. The molecule has 1 fully saturated rings. The summed E-state index contributed by atoms with van der Waals surface area (Å²) in [5, 5.41) is 10.2. The van der Waals surface area contributed by atoms with Gasteiger partial charge in [-0.05, 0) is 80.1 Å². The highest BCUT2D eigenvalue weighted by Crippen LogP contribution is 2.30. The number of hydrogen-bond donors (Lipinski definition) is 3. The van der Waals surface area contributed by atoms with Crippen molar-refractivity contribution in [2.45, 2.75) is 39.7 Å². The lowest BCUT2D eigenvalue weighted by Gasteiger charge is -2.16. The number of benzene rings is 2. The molecule has 0 aliphatic heterocycles. The topological polar surface area (TPSA) is 92.4 Å². The predicted octanol–water partition coefficient (Wildman–Crippen LogP) is 4.37. The Hall–Kier alpha value is -3.45. The average molecular weight is 461 g/mol. The number of carbonyl (C=O) groups is 2. The van der Waals surface area contributed by atoms with Crippen molar-refractivity contribution in [1.29, 1.82) is 0 Å². The SMILES string of the molecule is CC(=O)NCCN[C@H](C)c1cnc2c(C)c(NC(=O)c3ccc(OCC4CC4)cc3)ccc2c1. The minimum absolute atomic E-state index is 0.0323. The van der Waals surface area contributed by atoms with E-state index < -0.39 is 0 Å². The molecule has 1 heterocycles. The third-order valence-corrected chi connectivity index (χ3v) is 6.12. The molecule has 1 aliphatic carbocycles. The van der Waals surface area contributed by atoms with Crippen molar-refractivity contribution in [2.75, 3.05) is 25.0 Å². The van der Waals surface area contributed by atoms with Gasteiger partial charge in [-0.3, -0.25) is 14.6 Å². The molecule has 178 valence electrons. The molecule has 1 aromatic heterocycles. The third kappa shape index (κ3) is 6.11. The monoisotopic (exact) mass is 460 g/mol. The van der Waals surface area contributed by atoms with Crippen molar-refractivity contribution < 1.29 is 14.3 Å². The first-order valence-electron chi connectivity index (χ1n) is 11.8. The smallest absolute Gasteiger partial charge is 0.255 e. The Kier molecular flexibility index (Phi) is 7.43. The van der Waals surface area contributed by atoms with Crippen LogP contribution >= 0.6 is 0 Å². The Morgan fingerprint density at radius 3 is 2.59 bits per heavy atom. The Labute approximate surface area is 200 Å². The summed E-state index contributed by atoms with van der Waals surface area (Å²) in [5.74, 6) is 1.29. The number of amides is 2. The molecule has 0 saturated heterocycles. The number of carbonyl (C=O) groups excluding carboxylic acids is 2. The maximum Gasteiger partial charge on any atom is 0.255 e. The number of hydrogen-bond acceptors (Lipinski definition) is 5. The molecule has 7 nitrogen and oxygen atoms in total. The highest BCUT2D eigenvalue weighted by atomic mass is 16.5. The van der Waals surface area contributed by atoms with Crippen LogP contribution in [0.3, 0.4) is 0 Å². The number of rotatable bonds is 10. The lowest BCUT2D eigenvalue weighted by atomic mass is 10.0. The second kappa shape index (κ2) is 10.7. The molecule has 34 heavy (non-hydrogen) atoms. The zero-order valence-corrected chi connectivity index (χ0v) is 20.0. The first-order valence-corrected chi connectivity index (χ1v) is 11.8. The quantitative estimate of drug-likeness (QED) is 0.391. The third-order valence-electron chi connectivity index (χ3n) is 6.12. The molecule has 1 atom stereocenters. The Morgan fingerprint density at radius 2 is 1.88 bits per heavy atom. The van der Waals surface area contributed by atoms with Gasteiger partial charge in [0.1, 0.15) is 5.75 Å². The normalized spacial score (nSPS) is 14.0.